The summed E-state index contributed by atoms with van der Waals surface area (Å²) in [6.07, 6.45) is 1.01. The molecule has 4 heteroatoms. The first-order valence-electron chi connectivity index (χ1n) is 8.43. The molecule has 0 aliphatic rings. The largest absolute Gasteiger partial charge is 0.466 e. The molecular weight excluding hydrogens is 330 g/mol. The lowest BCUT2D eigenvalue weighted by atomic mass is 10.0. The molecule has 0 aliphatic heterocycles. The summed E-state index contributed by atoms with van der Waals surface area (Å²) < 4.78 is 4.96. The third-order valence-electron chi connectivity index (χ3n) is 3.97. The van der Waals surface area contributed by atoms with Crippen LogP contribution in [0.25, 0.3) is 22.4 Å². The van der Waals surface area contributed by atoms with E-state index in [9.17, 15) is 4.79 Å². The molecule has 0 bridgehead atoms. The zero-order valence-corrected chi connectivity index (χ0v) is 15.3. The third kappa shape index (κ3) is 4.54. The van der Waals surface area contributed by atoms with Crippen LogP contribution in [0.1, 0.15) is 23.9 Å². The number of esters is 1. The van der Waals surface area contributed by atoms with Crippen LogP contribution in [0.5, 0.6) is 0 Å². The second-order valence-corrected chi connectivity index (χ2v) is 6.82. The molecule has 0 saturated carbocycles. The molecule has 0 unspecified atom stereocenters. The highest BCUT2D eigenvalue weighted by Crippen LogP contribution is 2.26. The monoisotopic (exact) mass is 351 g/mol. The molecular formula is C21H21NO2S. The Labute approximate surface area is 152 Å². The number of hydrogen-bond acceptors (Lipinski definition) is 4. The van der Waals surface area contributed by atoms with Crippen molar-refractivity contribution in [3.8, 4) is 22.4 Å². The quantitative estimate of drug-likeness (QED) is 0.567. The molecule has 128 valence electrons. The van der Waals surface area contributed by atoms with Gasteiger partial charge in [0.1, 0.15) is 0 Å². The standard InChI is InChI=1S/C21H21NO2S/c1-3-24-21(23)13-12-20-22-19(14-25-20)18-10-8-17(9-11-18)16-6-4-15(2)5-7-16/h4-11,14H,3,12-13H2,1-2H3. The second-order valence-electron chi connectivity index (χ2n) is 5.87. The van der Waals surface area contributed by atoms with E-state index in [0.29, 0.717) is 19.4 Å². The maximum Gasteiger partial charge on any atom is 0.306 e. The van der Waals surface area contributed by atoms with Gasteiger partial charge in [-0.05, 0) is 25.0 Å². The van der Waals surface area contributed by atoms with E-state index < -0.39 is 0 Å². The van der Waals surface area contributed by atoms with E-state index in [2.05, 4.69) is 60.4 Å². The lowest BCUT2D eigenvalue weighted by molar-refractivity contribution is -0.143. The van der Waals surface area contributed by atoms with E-state index in [0.717, 1.165) is 16.3 Å². The highest BCUT2D eigenvalue weighted by atomic mass is 32.1. The molecule has 0 N–H and O–H groups in total. The second kappa shape index (κ2) is 8.08. The van der Waals surface area contributed by atoms with Crippen molar-refractivity contribution in [1.29, 1.82) is 0 Å². The highest BCUT2D eigenvalue weighted by Gasteiger charge is 2.08. The molecule has 3 rings (SSSR count). The zero-order chi connectivity index (χ0) is 17.6. The van der Waals surface area contributed by atoms with Gasteiger partial charge < -0.3 is 4.74 Å². The fourth-order valence-electron chi connectivity index (χ4n) is 2.58. The van der Waals surface area contributed by atoms with Crippen molar-refractivity contribution in [2.24, 2.45) is 0 Å². The number of ether oxygens (including phenoxy) is 1. The van der Waals surface area contributed by atoms with Gasteiger partial charge >= 0.3 is 5.97 Å². The van der Waals surface area contributed by atoms with E-state index in [1.165, 1.54) is 16.7 Å². The normalized spacial score (nSPS) is 10.6. The number of carbonyl (C=O) groups is 1. The molecule has 0 spiro atoms. The summed E-state index contributed by atoms with van der Waals surface area (Å²) in [5, 5.41) is 3.01. The summed E-state index contributed by atoms with van der Waals surface area (Å²) in [6, 6.07) is 17.0. The Bertz CT molecular complexity index is 835. The predicted octanol–water partition coefficient (Wildman–Crippen LogP) is 5.28. The van der Waals surface area contributed by atoms with Crippen molar-refractivity contribution in [1.82, 2.24) is 4.98 Å². The number of benzene rings is 2. The number of carbonyl (C=O) groups excluding carboxylic acids is 1. The van der Waals surface area contributed by atoms with Crippen molar-refractivity contribution in [3.05, 3.63) is 64.5 Å². The van der Waals surface area contributed by atoms with Crippen LogP contribution in [0.15, 0.2) is 53.9 Å². The smallest absolute Gasteiger partial charge is 0.306 e. The van der Waals surface area contributed by atoms with Crippen LogP contribution in [-0.2, 0) is 16.0 Å². The number of thiazole rings is 1. The average Bonchev–Trinajstić information content (AvgIpc) is 3.10. The van der Waals surface area contributed by atoms with Gasteiger partial charge in [-0.25, -0.2) is 4.98 Å². The summed E-state index contributed by atoms with van der Waals surface area (Å²) in [7, 11) is 0. The summed E-state index contributed by atoms with van der Waals surface area (Å²) in [5.41, 5.74) is 5.72. The summed E-state index contributed by atoms with van der Waals surface area (Å²) in [4.78, 5) is 16.1. The van der Waals surface area contributed by atoms with Gasteiger partial charge in [-0.1, -0.05) is 54.1 Å². The van der Waals surface area contributed by atoms with E-state index >= 15 is 0 Å². The molecule has 0 amide bonds. The maximum absolute atomic E-state index is 11.4. The van der Waals surface area contributed by atoms with Gasteiger partial charge in [0, 0.05) is 17.4 Å². The minimum Gasteiger partial charge on any atom is -0.466 e. The average molecular weight is 351 g/mol. The number of aryl methyl sites for hydroxylation is 2. The van der Waals surface area contributed by atoms with Crippen LogP contribution in [0.4, 0.5) is 0 Å². The zero-order valence-electron chi connectivity index (χ0n) is 14.5. The Morgan fingerprint density at radius 3 is 2.24 bits per heavy atom. The summed E-state index contributed by atoms with van der Waals surface area (Å²) in [5.74, 6) is -0.165. The Morgan fingerprint density at radius 2 is 1.60 bits per heavy atom. The fraction of sp³-hybridized carbons (Fsp3) is 0.238. The van der Waals surface area contributed by atoms with Crippen molar-refractivity contribution < 1.29 is 9.53 Å². The first kappa shape index (κ1) is 17.4. The third-order valence-corrected chi connectivity index (χ3v) is 4.87. The lowest BCUT2D eigenvalue weighted by Gasteiger charge is -2.04. The SMILES string of the molecule is CCOC(=O)CCc1nc(-c2ccc(-c3ccc(C)cc3)cc2)cs1. The van der Waals surface area contributed by atoms with Gasteiger partial charge in [-0.15, -0.1) is 11.3 Å². The Morgan fingerprint density at radius 1 is 1.00 bits per heavy atom. The molecule has 0 saturated heterocycles. The van der Waals surface area contributed by atoms with Crippen LogP contribution in [0.2, 0.25) is 0 Å². The van der Waals surface area contributed by atoms with Crippen LogP contribution in [-0.4, -0.2) is 17.6 Å². The Kier molecular flexibility index (Phi) is 5.61. The highest BCUT2D eigenvalue weighted by molar-refractivity contribution is 7.09. The number of nitrogens with zero attached hydrogens (tertiary/aromatic N) is 1. The van der Waals surface area contributed by atoms with Gasteiger partial charge in [0.25, 0.3) is 0 Å². The number of aromatic nitrogens is 1. The van der Waals surface area contributed by atoms with Gasteiger partial charge in [0.2, 0.25) is 0 Å². The predicted molar refractivity (Wildman–Crippen MR) is 103 cm³/mol. The van der Waals surface area contributed by atoms with E-state index in [1.54, 1.807) is 11.3 Å². The van der Waals surface area contributed by atoms with Gasteiger partial charge in [0.15, 0.2) is 0 Å². The minimum atomic E-state index is -0.165. The van der Waals surface area contributed by atoms with Crippen molar-refractivity contribution in [2.75, 3.05) is 6.61 Å². The number of rotatable bonds is 6. The molecule has 25 heavy (non-hydrogen) atoms. The van der Waals surface area contributed by atoms with Gasteiger partial charge in [-0.3, -0.25) is 4.79 Å². The lowest BCUT2D eigenvalue weighted by Crippen LogP contribution is -2.04. The molecule has 2 aromatic carbocycles. The van der Waals surface area contributed by atoms with Gasteiger partial charge in [-0.2, -0.15) is 0 Å². The Hall–Kier alpha value is -2.46. The van der Waals surface area contributed by atoms with E-state index in [-0.39, 0.29) is 5.97 Å². The van der Waals surface area contributed by atoms with Crippen molar-refractivity contribution in [3.63, 3.8) is 0 Å². The molecule has 1 heterocycles. The molecule has 0 fully saturated rings. The van der Waals surface area contributed by atoms with Crippen LogP contribution < -0.4 is 0 Å². The summed E-state index contributed by atoms with van der Waals surface area (Å²) in [6.45, 7) is 4.34. The molecule has 0 atom stereocenters. The van der Waals surface area contributed by atoms with E-state index in [1.807, 2.05) is 12.3 Å². The number of hydrogen-bond donors (Lipinski definition) is 0. The first-order valence-corrected chi connectivity index (χ1v) is 9.31. The molecule has 0 aliphatic carbocycles. The molecule has 1 aromatic heterocycles. The topological polar surface area (TPSA) is 39.2 Å². The van der Waals surface area contributed by atoms with Crippen LogP contribution in [0, 0.1) is 6.92 Å². The first-order chi connectivity index (χ1) is 12.2. The molecule has 3 aromatic rings. The van der Waals surface area contributed by atoms with Crippen LogP contribution >= 0.6 is 11.3 Å². The van der Waals surface area contributed by atoms with E-state index in [4.69, 9.17) is 4.74 Å². The van der Waals surface area contributed by atoms with Crippen molar-refractivity contribution in [2.45, 2.75) is 26.7 Å². The Balaban J connectivity index is 1.68. The fourth-order valence-corrected chi connectivity index (χ4v) is 3.39. The summed E-state index contributed by atoms with van der Waals surface area (Å²) >= 11 is 1.59. The van der Waals surface area contributed by atoms with Gasteiger partial charge in [0.05, 0.1) is 23.7 Å². The molecule has 0 radical (unpaired) electrons. The molecule has 3 nitrogen and oxygen atoms in total. The van der Waals surface area contributed by atoms with Crippen LogP contribution in [0.3, 0.4) is 0 Å². The van der Waals surface area contributed by atoms with Crippen molar-refractivity contribution >= 4 is 17.3 Å². The maximum atomic E-state index is 11.4. The minimum absolute atomic E-state index is 0.165.